The van der Waals surface area contributed by atoms with Gasteiger partial charge in [0.25, 0.3) is 0 Å². The molecule has 1 aliphatic carbocycles. The van der Waals surface area contributed by atoms with Crippen LogP contribution in [0.1, 0.15) is 22.3 Å². The Morgan fingerprint density at radius 3 is 1.63 bits per heavy atom. The number of hydrogen-bond acceptors (Lipinski definition) is 0. The highest BCUT2D eigenvalue weighted by molar-refractivity contribution is 6.42. The quantitative estimate of drug-likeness (QED) is 0.297. The molecule has 2 heteroatoms. The van der Waals surface area contributed by atoms with Crippen molar-refractivity contribution >= 4 is 23.2 Å². The molecule has 0 fully saturated rings. The molecule has 1 aliphatic rings. The van der Waals surface area contributed by atoms with Crippen molar-refractivity contribution < 1.29 is 0 Å². The molecule has 0 bridgehead atoms. The lowest BCUT2D eigenvalue weighted by atomic mass is 9.68. The third-order valence-corrected chi connectivity index (χ3v) is 6.25. The van der Waals surface area contributed by atoms with Crippen molar-refractivity contribution in [2.45, 2.75) is 5.41 Å². The lowest BCUT2D eigenvalue weighted by Crippen LogP contribution is -2.28. The largest absolute Gasteiger partial charge is 0.0827 e. The summed E-state index contributed by atoms with van der Waals surface area (Å²) in [5, 5.41) is 1.15. The molecular weight excluding hydrogens is 371 g/mol. The fraction of sp³-hybridized carbons (Fsp3) is 0.0400. The Balaban J connectivity index is 1.97. The van der Waals surface area contributed by atoms with Gasteiger partial charge in [-0.3, -0.25) is 0 Å². The van der Waals surface area contributed by atoms with Crippen LogP contribution in [0.2, 0.25) is 10.0 Å². The van der Waals surface area contributed by atoms with Crippen LogP contribution in [0, 0.1) is 0 Å². The van der Waals surface area contributed by atoms with Crippen LogP contribution in [-0.2, 0) is 5.41 Å². The van der Waals surface area contributed by atoms with Gasteiger partial charge in [-0.05, 0) is 45.5 Å². The summed E-state index contributed by atoms with van der Waals surface area (Å²) in [4.78, 5) is 0. The van der Waals surface area contributed by atoms with Crippen LogP contribution in [0.4, 0.5) is 0 Å². The van der Waals surface area contributed by atoms with E-state index in [9.17, 15) is 0 Å². The van der Waals surface area contributed by atoms with Crippen LogP contribution in [-0.4, -0.2) is 0 Å². The zero-order valence-electron chi connectivity index (χ0n) is 14.5. The van der Waals surface area contributed by atoms with Crippen molar-refractivity contribution in [2.24, 2.45) is 0 Å². The summed E-state index contributed by atoms with van der Waals surface area (Å²) in [6.07, 6.45) is 0. The summed E-state index contributed by atoms with van der Waals surface area (Å²) in [6.45, 7) is 0. The van der Waals surface area contributed by atoms with Crippen LogP contribution < -0.4 is 0 Å². The first kappa shape index (κ1) is 16.6. The Morgan fingerprint density at radius 1 is 0.481 bits per heavy atom. The zero-order chi connectivity index (χ0) is 18.4. The first-order valence-corrected chi connectivity index (χ1v) is 9.69. The van der Waals surface area contributed by atoms with E-state index in [-0.39, 0.29) is 0 Å². The van der Waals surface area contributed by atoms with Crippen LogP contribution in [0.3, 0.4) is 0 Å². The summed E-state index contributed by atoms with van der Waals surface area (Å²) < 4.78 is 0. The number of halogens is 2. The lowest BCUT2D eigenvalue weighted by molar-refractivity contribution is 0.768. The molecule has 0 N–H and O–H groups in total. The molecule has 0 unspecified atom stereocenters. The summed E-state index contributed by atoms with van der Waals surface area (Å²) in [5.41, 5.74) is 7.02. The summed E-state index contributed by atoms with van der Waals surface area (Å²) in [5.74, 6) is 0. The van der Waals surface area contributed by atoms with E-state index in [0.717, 1.165) is 5.56 Å². The molecule has 0 aliphatic heterocycles. The fourth-order valence-corrected chi connectivity index (χ4v) is 4.74. The van der Waals surface area contributed by atoms with Gasteiger partial charge in [-0.1, -0.05) is 108 Å². The fourth-order valence-electron chi connectivity index (χ4n) is 4.44. The molecule has 27 heavy (non-hydrogen) atoms. The van der Waals surface area contributed by atoms with E-state index in [1.165, 1.54) is 27.8 Å². The van der Waals surface area contributed by atoms with Gasteiger partial charge in [0.2, 0.25) is 0 Å². The van der Waals surface area contributed by atoms with Crippen LogP contribution in [0.15, 0.2) is 97.1 Å². The summed E-state index contributed by atoms with van der Waals surface area (Å²) >= 11 is 12.7. The molecule has 0 heterocycles. The van der Waals surface area contributed by atoms with Gasteiger partial charge in [0.05, 0.1) is 15.5 Å². The molecule has 0 radical (unpaired) electrons. The van der Waals surface area contributed by atoms with E-state index < -0.39 is 5.41 Å². The minimum Gasteiger partial charge on any atom is -0.0827 e. The Labute approximate surface area is 169 Å². The average molecular weight is 387 g/mol. The van der Waals surface area contributed by atoms with Gasteiger partial charge in [-0.15, -0.1) is 0 Å². The molecule has 0 aromatic heterocycles. The standard InChI is InChI=1S/C25H16Cl2/c26-23-15-14-18(16-24(23)27)25(17-8-2-1-3-9-17)21-12-6-4-10-19(21)20-11-5-7-13-22(20)25/h1-16H. The predicted octanol–water partition coefficient (Wildman–Crippen LogP) is 7.36. The highest BCUT2D eigenvalue weighted by atomic mass is 35.5. The molecule has 4 aromatic rings. The second-order valence-corrected chi connectivity index (χ2v) is 7.65. The highest BCUT2D eigenvalue weighted by Crippen LogP contribution is 2.56. The summed E-state index contributed by atoms with van der Waals surface area (Å²) in [6, 6.07) is 33.9. The predicted molar refractivity (Wildman–Crippen MR) is 114 cm³/mol. The number of fused-ring (bicyclic) bond motifs is 3. The maximum absolute atomic E-state index is 6.46. The van der Waals surface area contributed by atoms with Crippen molar-refractivity contribution in [3.63, 3.8) is 0 Å². The minimum atomic E-state index is -0.414. The molecule has 0 saturated heterocycles. The van der Waals surface area contributed by atoms with Crippen molar-refractivity contribution in [3.8, 4) is 11.1 Å². The molecule has 0 saturated carbocycles. The molecule has 130 valence electrons. The van der Waals surface area contributed by atoms with Gasteiger partial charge in [-0.25, -0.2) is 0 Å². The van der Waals surface area contributed by atoms with Crippen LogP contribution >= 0.6 is 23.2 Å². The second-order valence-electron chi connectivity index (χ2n) is 6.84. The first-order valence-electron chi connectivity index (χ1n) is 8.93. The number of hydrogen-bond donors (Lipinski definition) is 0. The smallest absolute Gasteiger partial charge is 0.0714 e. The van der Waals surface area contributed by atoms with E-state index in [1.807, 2.05) is 12.1 Å². The second kappa shape index (κ2) is 6.27. The number of benzene rings is 4. The lowest BCUT2D eigenvalue weighted by Gasteiger charge is -2.34. The minimum absolute atomic E-state index is 0.414. The van der Waals surface area contributed by atoms with E-state index in [0.29, 0.717) is 10.0 Å². The van der Waals surface area contributed by atoms with Crippen molar-refractivity contribution in [2.75, 3.05) is 0 Å². The normalized spacial score (nSPS) is 13.9. The van der Waals surface area contributed by atoms with Gasteiger partial charge in [-0.2, -0.15) is 0 Å². The molecule has 4 aromatic carbocycles. The maximum Gasteiger partial charge on any atom is 0.0714 e. The SMILES string of the molecule is Clc1ccc(C2(c3ccccc3)c3ccccc3-c3ccccc32)cc1Cl. The molecule has 0 nitrogen and oxygen atoms in total. The van der Waals surface area contributed by atoms with Gasteiger partial charge >= 0.3 is 0 Å². The third-order valence-electron chi connectivity index (χ3n) is 5.51. The van der Waals surface area contributed by atoms with Gasteiger partial charge in [0, 0.05) is 0 Å². The zero-order valence-corrected chi connectivity index (χ0v) is 16.0. The Kier molecular flexibility index (Phi) is 3.86. The van der Waals surface area contributed by atoms with E-state index in [4.69, 9.17) is 23.2 Å². The van der Waals surface area contributed by atoms with Crippen molar-refractivity contribution in [1.29, 1.82) is 0 Å². The Morgan fingerprint density at radius 2 is 1.04 bits per heavy atom. The monoisotopic (exact) mass is 386 g/mol. The Hall–Kier alpha value is -2.54. The Bertz CT molecular complexity index is 1100. The van der Waals surface area contributed by atoms with Crippen molar-refractivity contribution in [3.05, 3.63) is 129 Å². The van der Waals surface area contributed by atoms with Gasteiger partial charge in [0.15, 0.2) is 0 Å². The topological polar surface area (TPSA) is 0 Å². The highest BCUT2D eigenvalue weighted by Gasteiger charge is 2.45. The van der Waals surface area contributed by atoms with Crippen molar-refractivity contribution in [1.82, 2.24) is 0 Å². The van der Waals surface area contributed by atoms with E-state index in [2.05, 4.69) is 84.9 Å². The summed E-state index contributed by atoms with van der Waals surface area (Å²) in [7, 11) is 0. The molecule has 0 amide bonds. The molecule has 5 rings (SSSR count). The average Bonchev–Trinajstić information content (AvgIpc) is 3.02. The van der Waals surface area contributed by atoms with Gasteiger partial charge in [0.1, 0.15) is 0 Å². The van der Waals surface area contributed by atoms with E-state index in [1.54, 1.807) is 0 Å². The maximum atomic E-state index is 6.46. The first-order chi connectivity index (χ1) is 13.2. The molecule has 0 atom stereocenters. The third kappa shape index (κ3) is 2.31. The molecular formula is C25H16Cl2. The van der Waals surface area contributed by atoms with E-state index >= 15 is 0 Å². The molecule has 0 spiro atoms. The van der Waals surface area contributed by atoms with Gasteiger partial charge < -0.3 is 0 Å². The van der Waals surface area contributed by atoms with Crippen LogP contribution in [0.25, 0.3) is 11.1 Å². The number of rotatable bonds is 2. The van der Waals surface area contributed by atoms with Crippen LogP contribution in [0.5, 0.6) is 0 Å².